The summed E-state index contributed by atoms with van der Waals surface area (Å²) in [5.74, 6) is -0.236. The zero-order valence-electron chi connectivity index (χ0n) is 16.0. The number of carbonyl (C=O) groups excluding carboxylic acids is 2. The fraction of sp³-hybridized carbons (Fsp3) is 0.200. The van der Waals surface area contributed by atoms with E-state index in [1.165, 1.54) is 18.0 Å². The van der Waals surface area contributed by atoms with E-state index in [2.05, 4.69) is 20.7 Å². The number of nitrogens with one attached hydrogen (secondary N) is 2. The van der Waals surface area contributed by atoms with Crippen molar-refractivity contribution in [2.75, 3.05) is 19.0 Å². The molecule has 0 aliphatic rings. The third-order valence-corrected chi connectivity index (χ3v) is 4.31. The van der Waals surface area contributed by atoms with Gasteiger partial charge in [-0.3, -0.25) is 19.3 Å². The van der Waals surface area contributed by atoms with E-state index >= 15 is 0 Å². The van der Waals surface area contributed by atoms with E-state index in [0.717, 1.165) is 11.1 Å². The molecule has 0 saturated carbocycles. The van der Waals surface area contributed by atoms with Crippen molar-refractivity contribution in [3.63, 3.8) is 0 Å². The van der Waals surface area contributed by atoms with Gasteiger partial charge in [-0.2, -0.15) is 5.10 Å². The lowest BCUT2D eigenvalue weighted by atomic mass is 10.0. The Labute approximate surface area is 167 Å². The van der Waals surface area contributed by atoms with Gasteiger partial charge < -0.3 is 20.5 Å². The number of hydrogen-bond donors (Lipinski definition) is 3. The summed E-state index contributed by atoms with van der Waals surface area (Å²) in [5.41, 5.74) is 3.11. The second kappa shape index (κ2) is 8.98. The number of aliphatic hydroxyl groups is 1. The van der Waals surface area contributed by atoms with Gasteiger partial charge in [-0.25, -0.2) is 0 Å². The highest BCUT2D eigenvalue weighted by Gasteiger charge is 2.14. The fourth-order valence-corrected chi connectivity index (χ4v) is 2.86. The molecule has 150 valence electrons. The van der Waals surface area contributed by atoms with Gasteiger partial charge in [0.05, 0.1) is 20.3 Å². The van der Waals surface area contributed by atoms with Crippen LogP contribution in [0.25, 0.3) is 11.1 Å². The summed E-state index contributed by atoms with van der Waals surface area (Å²) in [5, 5.41) is 18.7. The van der Waals surface area contributed by atoms with E-state index < -0.39 is 0 Å². The fourth-order valence-electron chi connectivity index (χ4n) is 2.86. The minimum Gasteiger partial charge on any atom is -0.496 e. The molecule has 3 aromatic rings. The van der Waals surface area contributed by atoms with Gasteiger partial charge in [0.15, 0.2) is 0 Å². The highest BCUT2D eigenvalue weighted by molar-refractivity contribution is 5.98. The number of rotatable bonds is 7. The lowest BCUT2D eigenvalue weighted by molar-refractivity contribution is -0.115. The molecule has 9 nitrogen and oxygen atoms in total. The number of aliphatic hydroxyl groups excluding tert-OH is 1. The highest BCUT2D eigenvalue weighted by atomic mass is 16.5. The summed E-state index contributed by atoms with van der Waals surface area (Å²) in [6, 6.07) is 8.54. The number of methoxy groups -OCH3 is 1. The quantitative estimate of drug-likeness (QED) is 0.556. The topological polar surface area (TPSA) is 118 Å². The van der Waals surface area contributed by atoms with Crippen LogP contribution in [-0.2, 0) is 18.4 Å². The van der Waals surface area contributed by atoms with Crippen LogP contribution < -0.4 is 15.4 Å². The first kappa shape index (κ1) is 20.0. The molecule has 9 heteroatoms. The molecule has 0 aliphatic heterocycles. The molecular formula is C20H21N5O4. The second-order valence-corrected chi connectivity index (χ2v) is 6.18. The first-order valence-electron chi connectivity index (χ1n) is 8.81. The van der Waals surface area contributed by atoms with Gasteiger partial charge in [0, 0.05) is 48.5 Å². The molecule has 29 heavy (non-hydrogen) atoms. The molecule has 2 heterocycles. The average molecular weight is 395 g/mol. The van der Waals surface area contributed by atoms with Crippen LogP contribution in [0.5, 0.6) is 5.75 Å². The molecule has 3 N–H and O–H groups in total. The van der Waals surface area contributed by atoms with Crippen molar-refractivity contribution in [2.45, 2.75) is 6.61 Å². The zero-order chi connectivity index (χ0) is 20.8. The van der Waals surface area contributed by atoms with Crippen molar-refractivity contribution in [2.24, 2.45) is 7.05 Å². The zero-order valence-corrected chi connectivity index (χ0v) is 16.0. The number of amides is 2. The number of carbonyl (C=O) groups is 2. The van der Waals surface area contributed by atoms with Crippen LogP contribution in [0.2, 0.25) is 0 Å². The maximum atomic E-state index is 12.2. The minimum atomic E-state index is -0.387. The normalized spacial score (nSPS) is 10.4. The van der Waals surface area contributed by atoms with Crippen molar-refractivity contribution in [1.29, 1.82) is 0 Å². The Kier molecular flexibility index (Phi) is 6.20. The Morgan fingerprint density at radius 3 is 2.69 bits per heavy atom. The third-order valence-electron chi connectivity index (χ3n) is 4.31. The van der Waals surface area contributed by atoms with E-state index in [1.54, 1.807) is 49.8 Å². The Hall–Kier alpha value is -3.72. The van der Waals surface area contributed by atoms with Crippen molar-refractivity contribution in [3.8, 4) is 16.9 Å². The number of anilines is 1. The standard InChI is InChI=1S/C20H21N5O4/c1-25-17(6-8-23-25)20(28)22-11-19(27)24-14-3-4-16(18(9-14)29-2)15-5-7-21-10-13(15)12-26/h3-10,26H,11-12H2,1-2H3,(H,22,28)(H,24,27). The predicted molar refractivity (Wildman–Crippen MR) is 106 cm³/mol. The Bertz CT molecular complexity index is 1030. The number of benzene rings is 1. The maximum Gasteiger partial charge on any atom is 0.269 e. The SMILES string of the molecule is COc1cc(NC(=O)CNC(=O)c2ccnn2C)ccc1-c1ccncc1CO. The van der Waals surface area contributed by atoms with Gasteiger partial charge in [-0.05, 0) is 29.8 Å². The van der Waals surface area contributed by atoms with E-state index in [9.17, 15) is 14.7 Å². The maximum absolute atomic E-state index is 12.2. The minimum absolute atomic E-state index is 0.152. The molecule has 0 bridgehead atoms. The average Bonchev–Trinajstić information content (AvgIpc) is 3.18. The van der Waals surface area contributed by atoms with Crippen LogP contribution in [0.3, 0.4) is 0 Å². The summed E-state index contributed by atoms with van der Waals surface area (Å²) in [6.07, 6.45) is 4.73. The molecule has 2 aromatic heterocycles. The lowest BCUT2D eigenvalue weighted by Crippen LogP contribution is -2.33. The van der Waals surface area contributed by atoms with Gasteiger partial charge in [0.2, 0.25) is 5.91 Å². The molecule has 0 radical (unpaired) electrons. The molecule has 0 unspecified atom stereocenters. The lowest BCUT2D eigenvalue weighted by Gasteiger charge is -2.14. The van der Waals surface area contributed by atoms with Gasteiger partial charge >= 0.3 is 0 Å². The molecule has 2 amide bonds. The van der Waals surface area contributed by atoms with Gasteiger partial charge in [0.25, 0.3) is 5.91 Å². The van der Waals surface area contributed by atoms with Crippen LogP contribution in [0, 0.1) is 0 Å². The summed E-state index contributed by atoms with van der Waals surface area (Å²) in [4.78, 5) is 28.3. The summed E-state index contributed by atoms with van der Waals surface area (Å²) >= 11 is 0. The Balaban J connectivity index is 1.69. The number of nitrogens with zero attached hydrogens (tertiary/aromatic N) is 3. The molecule has 0 fully saturated rings. The first-order chi connectivity index (χ1) is 14.0. The van der Waals surface area contributed by atoms with E-state index in [-0.39, 0.29) is 25.0 Å². The monoisotopic (exact) mass is 395 g/mol. The predicted octanol–water partition coefficient (Wildman–Crippen LogP) is 1.35. The first-order valence-corrected chi connectivity index (χ1v) is 8.81. The van der Waals surface area contributed by atoms with Crippen LogP contribution in [-0.4, -0.2) is 45.3 Å². The van der Waals surface area contributed by atoms with E-state index in [0.29, 0.717) is 22.7 Å². The Morgan fingerprint density at radius 2 is 2.00 bits per heavy atom. The number of pyridine rings is 1. The van der Waals surface area contributed by atoms with Gasteiger partial charge in [-0.15, -0.1) is 0 Å². The molecule has 0 atom stereocenters. The molecular weight excluding hydrogens is 374 g/mol. The van der Waals surface area contributed by atoms with E-state index in [4.69, 9.17) is 4.74 Å². The van der Waals surface area contributed by atoms with Crippen LogP contribution in [0.1, 0.15) is 16.1 Å². The van der Waals surface area contributed by atoms with Crippen molar-refractivity contribution >= 4 is 17.5 Å². The number of ether oxygens (including phenoxy) is 1. The molecule has 0 aliphatic carbocycles. The Morgan fingerprint density at radius 1 is 1.17 bits per heavy atom. The van der Waals surface area contributed by atoms with Gasteiger partial charge in [-0.1, -0.05) is 0 Å². The number of aromatic nitrogens is 3. The van der Waals surface area contributed by atoms with Crippen LogP contribution in [0.15, 0.2) is 48.9 Å². The van der Waals surface area contributed by atoms with Crippen LogP contribution >= 0.6 is 0 Å². The second-order valence-electron chi connectivity index (χ2n) is 6.18. The molecule has 0 spiro atoms. The van der Waals surface area contributed by atoms with Crippen molar-refractivity contribution in [1.82, 2.24) is 20.1 Å². The van der Waals surface area contributed by atoms with Crippen LogP contribution in [0.4, 0.5) is 5.69 Å². The van der Waals surface area contributed by atoms with Crippen molar-refractivity contribution < 1.29 is 19.4 Å². The molecule has 1 aromatic carbocycles. The largest absolute Gasteiger partial charge is 0.496 e. The smallest absolute Gasteiger partial charge is 0.269 e. The van der Waals surface area contributed by atoms with Crippen molar-refractivity contribution in [3.05, 3.63) is 60.2 Å². The number of hydrogen-bond acceptors (Lipinski definition) is 6. The summed E-state index contributed by atoms with van der Waals surface area (Å²) < 4.78 is 6.88. The molecule has 0 saturated heterocycles. The molecule has 3 rings (SSSR count). The summed E-state index contributed by atoms with van der Waals surface area (Å²) in [7, 11) is 3.17. The highest BCUT2D eigenvalue weighted by Crippen LogP contribution is 2.34. The summed E-state index contributed by atoms with van der Waals surface area (Å²) in [6.45, 7) is -0.339. The third kappa shape index (κ3) is 4.58. The number of aryl methyl sites for hydroxylation is 1. The van der Waals surface area contributed by atoms with E-state index in [1.807, 2.05) is 0 Å². The van der Waals surface area contributed by atoms with Gasteiger partial charge in [0.1, 0.15) is 11.4 Å².